The van der Waals surface area contributed by atoms with Crippen LogP contribution in [0.5, 0.6) is 0 Å². The van der Waals surface area contributed by atoms with Gasteiger partial charge in [0.2, 0.25) is 0 Å². The van der Waals surface area contributed by atoms with Gasteiger partial charge in [-0.3, -0.25) is 0 Å². The first-order valence-corrected chi connectivity index (χ1v) is 8.87. The number of nitrogens with zero attached hydrogens (tertiary/aromatic N) is 2. The third kappa shape index (κ3) is 2.62. The van der Waals surface area contributed by atoms with Gasteiger partial charge < -0.3 is 9.64 Å². The van der Waals surface area contributed by atoms with E-state index < -0.39 is 27.2 Å². The topological polar surface area (TPSA) is 87.5 Å². The van der Waals surface area contributed by atoms with Crippen molar-refractivity contribution in [2.45, 2.75) is 37.5 Å². The van der Waals surface area contributed by atoms with E-state index in [1.807, 2.05) is 6.07 Å². The normalized spacial score (nSPS) is 30.6. The van der Waals surface area contributed by atoms with Crippen LogP contribution in [0, 0.1) is 23.2 Å². The summed E-state index contributed by atoms with van der Waals surface area (Å²) in [6.07, 6.45) is 3.45. The molecule has 0 aromatic carbocycles. The largest absolute Gasteiger partial charge is 0.450 e. The maximum Gasteiger partial charge on any atom is 0.410 e. The van der Waals surface area contributed by atoms with Gasteiger partial charge in [-0.05, 0) is 31.6 Å². The minimum atomic E-state index is -3.53. The Morgan fingerprint density at radius 3 is 2.75 bits per heavy atom. The van der Waals surface area contributed by atoms with Gasteiger partial charge in [0.15, 0.2) is 15.1 Å². The third-order valence-corrected chi connectivity index (χ3v) is 5.66. The lowest BCUT2D eigenvalue weighted by molar-refractivity contribution is 0.0986. The van der Waals surface area contributed by atoms with Crippen LogP contribution in [0.1, 0.15) is 26.2 Å². The second kappa shape index (κ2) is 5.60. The quantitative estimate of drug-likeness (QED) is 0.781. The molecule has 0 radical (unpaired) electrons. The van der Waals surface area contributed by atoms with Gasteiger partial charge >= 0.3 is 6.09 Å². The summed E-state index contributed by atoms with van der Waals surface area (Å²) in [6, 6.07) is 1.32. The second-order valence-electron chi connectivity index (χ2n) is 5.58. The van der Waals surface area contributed by atoms with Crippen molar-refractivity contribution in [2.75, 3.05) is 19.4 Å². The van der Waals surface area contributed by atoms with Crippen molar-refractivity contribution in [2.24, 2.45) is 11.8 Å². The maximum atomic E-state index is 12.0. The summed E-state index contributed by atoms with van der Waals surface area (Å²) >= 11 is 0. The zero-order valence-electron chi connectivity index (χ0n) is 11.8. The SMILES string of the molecule is CCOC(=O)N1CC2CCCC2C1C(C#N)S(C)(=O)=O. The summed E-state index contributed by atoms with van der Waals surface area (Å²) in [4.78, 5) is 13.5. The van der Waals surface area contributed by atoms with E-state index in [1.54, 1.807) is 6.92 Å². The van der Waals surface area contributed by atoms with Crippen molar-refractivity contribution >= 4 is 15.9 Å². The van der Waals surface area contributed by atoms with Crippen molar-refractivity contribution in [3.05, 3.63) is 0 Å². The molecule has 1 aliphatic heterocycles. The van der Waals surface area contributed by atoms with Crippen LogP contribution in [0.15, 0.2) is 0 Å². The van der Waals surface area contributed by atoms with E-state index in [0.717, 1.165) is 25.5 Å². The number of hydrogen-bond donors (Lipinski definition) is 0. The first kappa shape index (κ1) is 15.1. The number of carbonyl (C=O) groups is 1. The van der Waals surface area contributed by atoms with Gasteiger partial charge in [0.1, 0.15) is 0 Å². The molecule has 4 unspecified atom stereocenters. The molecule has 2 rings (SSSR count). The van der Waals surface area contributed by atoms with Gasteiger partial charge in [-0.1, -0.05) is 6.42 Å². The molecule has 2 aliphatic rings. The number of ether oxygens (including phenoxy) is 1. The zero-order valence-corrected chi connectivity index (χ0v) is 12.6. The van der Waals surface area contributed by atoms with Gasteiger partial charge in [0.25, 0.3) is 0 Å². The van der Waals surface area contributed by atoms with Crippen LogP contribution in [0.25, 0.3) is 0 Å². The van der Waals surface area contributed by atoms with E-state index in [2.05, 4.69) is 0 Å². The van der Waals surface area contributed by atoms with E-state index in [-0.39, 0.29) is 12.5 Å². The van der Waals surface area contributed by atoms with Gasteiger partial charge in [0.05, 0.1) is 18.7 Å². The Morgan fingerprint density at radius 1 is 1.50 bits per heavy atom. The minimum Gasteiger partial charge on any atom is -0.450 e. The molecule has 0 spiro atoms. The Labute approximate surface area is 119 Å². The van der Waals surface area contributed by atoms with Crippen LogP contribution in [-0.4, -0.2) is 50.1 Å². The van der Waals surface area contributed by atoms with Gasteiger partial charge in [-0.25, -0.2) is 13.2 Å². The first-order valence-electron chi connectivity index (χ1n) is 6.92. The first-order chi connectivity index (χ1) is 9.40. The van der Waals surface area contributed by atoms with E-state index in [1.165, 1.54) is 4.90 Å². The van der Waals surface area contributed by atoms with E-state index in [0.29, 0.717) is 12.5 Å². The van der Waals surface area contributed by atoms with Gasteiger partial charge in [-0.2, -0.15) is 5.26 Å². The van der Waals surface area contributed by atoms with Crippen molar-refractivity contribution in [3.63, 3.8) is 0 Å². The molecule has 1 saturated carbocycles. The molecule has 1 aliphatic carbocycles. The highest BCUT2D eigenvalue weighted by atomic mass is 32.2. The monoisotopic (exact) mass is 300 g/mol. The van der Waals surface area contributed by atoms with Crippen molar-refractivity contribution < 1.29 is 17.9 Å². The van der Waals surface area contributed by atoms with Gasteiger partial charge in [0, 0.05) is 12.8 Å². The maximum absolute atomic E-state index is 12.0. The number of carbonyl (C=O) groups excluding carboxylic acids is 1. The summed E-state index contributed by atoms with van der Waals surface area (Å²) in [6.45, 7) is 2.46. The molecule has 0 N–H and O–H groups in total. The fraction of sp³-hybridized carbons (Fsp3) is 0.846. The lowest BCUT2D eigenvalue weighted by Gasteiger charge is -2.29. The Bertz CT molecular complexity index is 525. The van der Waals surface area contributed by atoms with Crippen LogP contribution >= 0.6 is 0 Å². The number of nitriles is 1. The fourth-order valence-electron chi connectivity index (χ4n) is 3.56. The highest BCUT2D eigenvalue weighted by Gasteiger charge is 2.52. The van der Waals surface area contributed by atoms with Crippen molar-refractivity contribution in [1.82, 2.24) is 4.90 Å². The average molecular weight is 300 g/mol. The molecule has 1 heterocycles. The molecule has 0 bridgehead atoms. The average Bonchev–Trinajstić information content (AvgIpc) is 2.90. The molecular weight excluding hydrogens is 280 g/mol. The molecule has 112 valence electrons. The Kier molecular flexibility index (Phi) is 4.23. The predicted octanol–water partition coefficient (Wildman–Crippen LogP) is 1.18. The van der Waals surface area contributed by atoms with Crippen LogP contribution in [0.3, 0.4) is 0 Å². The fourth-order valence-corrected chi connectivity index (χ4v) is 4.61. The molecule has 7 heteroatoms. The molecular formula is C13H20N2O4S. The van der Waals surface area contributed by atoms with E-state index >= 15 is 0 Å². The summed E-state index contributed by atoms with van der Waals surface area (Å²) in [5, 5.41) is 8.10. The second-order valence-corrected chi connectivity index (χ2v) is 7.74. The lowest BCUT2D eigenvalue weighted by atomic mass is 9.92. The smallest absolute Gasteiger partial charge is 0.410 e. The van der Waals surface area contributed by atoms with Crippen LogP contribution in [0.2, 0.25) is 0 Å². The molecule has 2 fully saturated rings. The molecule has 1 saturated heterocycles. The number of rotatable bonds is 3. The highest BCUT2D eigenvalue weighted by Crippen LogP contribution is 2.44. The summed E-state index contributed by atoms with van der Waals surface area (Å²) in [5.74, 6) is 0.390. The van der Waals surface area contributed by atoms with Crippen LogP contribution in [0.4, 0.5) is 4.79 Å². The molecule has 1 amide bonds. The molecule has 6 nitrogen and oxygen atoms in total. The number of hydrogen-bond acceptors (Lipinski definition) is 5. The Balaban J connectivity index is 2.33. The third-order valence-electron chi connectivity index (χ3n) is 4.35. The van der Waals surface area contributed by atoms with Crippen molar-refractivity contribution in [3.8, 4) is 6.07 Å². The lowest BCUT2D eigenvalue weighted by Crippen LogP contribution is -2.48. The highest BCUT2D eigenvalue weighted by molar-refractivity contribution is 7.91. The molecule has 0 aromatic heterocycles. The zero-order chi connectivity index (χ0) is 14.9. The predicted molar refractivity (Wildman–Crippen MR) is 72.6 cm³/mol. The standard InChI is InChI=1S/C13H20N2O4S/c1-3-19-13(16)15-8-9-5-4-6-10(9)12(15)11(7-14)20(2,17)18/h9-12H,3-6,8H2,1-2H3. The van der Waals surface area contributed by atoms with E-state index in [9.17, 15) is 18.5 Å². The van der Waals surface area contributed by atoms with Gasteiger partial charge in [-0.15, -0.1) is 0 Å². The number of fused-ring (bicyclic) bond motifs is 1. The number of likely N-dealkylation sites (tertiary alicyclic amines) is 1. The summed E-state index contributed by atoms with van der Waals surface area (Å²) in [5.41, 5.74) is 0. The molecule has 20 heavy (non-hydrogen) atoms. The van der Waals surface area contributed by atoms with Crippen LogP contribution in [-0.2, 0) is 14.6 Å². The van der Waals surface area contributed by atoms with Crippen molar-refractivity contribution in [1.29, 1.82) is 5.26 Å². The molecule has 4 atom stereocenters. The minimum absolute atomic E-state index is 0.0961. The molecule has 0 aromatic rings. The van der Waals surface area contributed by atoms with Crippen LogP contribution < -0.4 is 0 Å². The Hall–Kier alpha value is -1.29. The summed E-state index contributed by atoms with van der Waals surface area (Å²) in [7, 11) is -3.53. The van der Waals surface area contributed by atoms with E-state index in [4.69, 9.17) is 4.74 Å². The number of amides is 1. The summed E-state index contributed by atoms with van der Waals surface area (Å²) < 4.78 is 28.7. The Morgan fingerprint density at radius 2 is 2.20 bits per heavy atom. The number of sulfone groups is 1.